The maximum Gasteiger partial charge on any atom is 0.306 e. The van der Waals surface area contributed by atoms with Crippen LogP contribution >= 0.6 is 0 Å². The van der Waals surface area contributed by atoms with Gasteiger partial charge in [0.2, 0.25) is 0 Å². The minimum absolute atomic E-state index is 0.0215. The Morgan fingerprint density at radius 3 is 1.49 bits per heavy atom. The van der Waals surface area contributed by atoms with E-state index in [1.54, 1.807) is 21.1 Å². The van der Waals surface area contributed by atoms with Crippen LogP contribution in [-0.4, -0.2) is 75.5 Å². The van der Waals surface area contributed by atoms with Crippen LogP contribution < -0.4 is 5.11 Å². The Kier molecular flexibility index (Phi) is 36.9. The molecule has 0 aliphatic rings. The summed E-state index contributed by atoms with van der Waals surface area (Å²) >= 11 is 0. The predicted molar refractivity (Wildman–Crippen MR) is 235 cm³/mol. The lowest BCUT2D eigenvalue weighted by atomic mass is 10.1. The van der Waals surface area contributed by atoms with Crippen LogP contribution in [0.5, 0.6) is 0 Å². The molecule has 0 heterocycles. The monoisotopic (exact) mass is 796 g/mol. The number of hydrogen-bond acceptors (Lipinski definition) is 7. The summed E-state index contributed by atoms with van der Waals surface area (Å²) in [5.41, 5.74) is 0. The van der Waals surface area contributed by atoms with Gasteiger partial charge in [-0.25, -0.2) is 0 Å². The molecule has 57 heavy (non-hydrogen) atoms. The van der Waals surface area contributed by atoms with Gasteiger partial charge in [-0.05, 0) is 83.5 Å². The second kappa shape index (κ2) is 39.3. The highest BCUT2D eigenvalue weighted by Gasteiger charge is 2.25. The van der Waals surface area contributed by atoms with Crippen molar-refractivity contribution in [3.05, 3.63) is 85.1 Å². The molecule has 0 aromatic carbocycles. The molecule has 0 aliphatic carbocycles. The van der Waals surface area contributed by atoms with Crippen LogP contribution in [0.2, 0.25) is 0 Å². The Hall–Kier alpha value is -3.49. The van der Waals surface area contributed by atoms with Crippen molar-refractivity contribution in [3.8, 4) is 0 Å². The number of carbonyl (C=O) groups excluding carboxylic acids is 3. The molecule has 0 aromatic rings. The summed E-state index contributed by atoms with van der Waals surface area (Å²) in [6.45, 7) is 4.44. The molecule has 0 fully saturated rings. The van der Waals surface area contributed by atoms with Gasteiger partial charge in [0.15, 0.2) is 6.10 Å². The predicted octanol–water partition coefficient (Wildman–Crippen LogP) is 10.8. The van der Waals surface area contributed by atoms with Crippen molar-refractivity contribution in [2.75, 3.05) is 41.0 Å². The molecule has 0 amide bonds. The zero-order valence-electron chi connectivity index (χ0n) is 36.7. The van der Waals surface area contributed by atoms with E-state index in [9.17, 15) is 19.5 Å². The second-order valence-electron chi connectivity index (χ2n) is 15.5. The van der Waals surface area contributed by atoms with Gasteiger partial charge < -0.3 is 28.6 Å². The number of esters is 2. The normalized spacial score (nSPS) is 13.8. The van der Waals surface area contributed by atoms with E-state index in [4.69, 9.17) is 14.2 Å². The fraction of sp³-hybridized carbons (Fsp3) is 0.653. The van der Waals surface area contributed by atoms with Crippen LogP contribution in [0.3, 0.4) is 0 Å². The van der Waals surface area contributed by atoms with Crippen LogP contribution in [0.1, 0.15) is 155 Å². The van der Waals surface area contributed by atoms with E-state index in [0.717, 1.165) is 109 Å². The molecule has 0 saturated carbocycles. The Bertz CT molecular complexity index is 1200. The van der Waals surface area contributed by atoms with Gasteiger partial charge in [-0.15, -0.1) is 0 Å². The first kappa shape index (κ1) is 53.5. The van der Waals surface area contributed by atoms with Crippen molar-refractivity contribution in [2.45, 2.75) is 167 Å². The highest BCUT2D eigenvalue weighted by atomic mass is 16.6. The maximum atomic E-state index is 12.7. The summed E-state index contributed by atoms with van der Waals surface area (Å²) in [4.78, 5) is 36.8. The Morgan fingerprint density at radius 2 is 0.982 bits per heavy atom. The third-order valence-corrected chi connectivity index (χ3v) is 9.27. The van der Waals surface area contributed by atoms with Crippen molar-refractivity contribution in [1.82, 2.24) is 0 Å². The number of carboxylic acids is 1. The number of nitrogens with zero attached hydrogens (tertiary/aromatic N) is 1. The molecule has 0 radical (unpaired) electrons. The molecule has 8 heteroatoms. The van der Waals surface area contributed by atoms with E-state index in [1.807, 2.05) is 0 Å². The second-order valence-corrected chi connectivity index (χ2v) is 15.5. The number of quaternary nitrogens is 1. The van der Waals surface area contributed by atoms with Crippen LogP contribution in [0.4, 0.5) is 0 Å². The summed E-state index contributed by atoms with van der Waals surface area (Å²) < 4.78 is 17.1. The van der Waals surface area contributed by atoms with Crippen molar-refractivity contribution < 1.29 is 38.2 Å². The minimum atomic E-state index is -1.14. The third-order valence-electron chi connectivity index (χ3n) is 9.27. The maximum absolute atomic E-state index is 12.7. The fourth-order valence-corrected chi connectivity index (χ4v) is 5.82. The number of aliphatic carboxylic acids is 1. The van der Waals surface area contributed by atoms with Crippen molar-refractivity contribution in [2.24, 2.45) is 0 Å². The fourth-order valence-electron chi connectivity index (χ4n) is 5.82. The van der Waals surface area contributed by atoms with Gasteiger partial charge in [-0.1, -0.05) is 137 Å². The van der Waals surface area contributed by atoms with Gasteiger partial charge in [0.25, 0.3) is 0 Å². The number of carboxylic acid groups (broad SMARTS) is 1. The zero-order valence-corrected chi connectivity index (χ0v) is 36.7. The minimum Gasteiger partial charge on any atom is -0.544 e. The molecule has 8 nitrogen and oxygen atoms in total. The van der Waals surface area contributed by atoms with Crippen LogP contribution in [0.25, 0.3) is 0 Å². The van der Waals surface area contributed by atoms with Crippen molar-refractivity contribution >= 4 is 17.9 Å². The largest absolute Gasteiger partial charge is 0.544 e. The number of ether oxygens (including phenoxy) is 3. The lowest BCUT2D eigenvalue weighted by Crippen LogP contribution is -2.55. The number of carbonyl (C=O) groups is 3. The summed E-state index contributed by atoms with van der Waals surface area (Å²) in [5, 5.41) is 11.6. The highest BCUT2D eigenvalue weighted by molar-refractivity contribution is 5.70. The van der Waals surface area contributed by atoms with Crippen molar-refractivity contribution in [1.29, 1.82) is 0 Å². The average molecular weight is 796 g/mol. The molecular formula is C49H81NO7. The summed E-state index contributed by atoms with van der Waals surface area (Å²) in [7, 11) is 5.38. The molecule has 0 spiro atoms. The SMILES string of the molecule is CC/C=C/C/C=C/C/C=C/C/C=C/C/C=C/C/C=C/CCCCCC(=O)OCC(COCCC(C(=O)[O-])[N+](C)(C)C)OC(=O)CCCCCCC/C=C/CCCC. The number of rotatable bonds is 38. The number of hydrogen-bond donors (Lipinski definition) is 0. The summed E-state index contributed by atoms with van der Waals surface area (Å²) in [6.07, 6.45) is 50.4. The Labute approximate surface area is 348 Å². The van der Waals surface area contributed by atoms with Gasteiger partial charge in [0.05, 0.1) is 40.3 Å². The van der Waals surface area contributed by atoms with Crippen LogP contribution in [-0.2, 0) is 28.6 Å². The average Bonchev–Trinajstić information content (AvgIpc) is 3.17. The van der Waals surface area contributed by atoms with Gasteiger partial charge in [0.1, 0.15) is 12.6 Å². The molecule has 0 N–H and O–H groups in total. The standard InChI is InChI=1S/C49H81NO7/c1-6-8-10-12-14-16-18-19-20-21-22-23-24-25-26-27-28-30-31-33-35-37-39-47(51)56-44-45(43-55-42-41-46(49(53)54)50(3,4)5)57-48(52)40-38-36-34-32-29-17-15-13-11-9-7-2/h8,10,13-16,19-20,22-23,25-26,28,30,45-46H,6-7,9,11-12,17-18,21,24,27,29,31-44H2,1-5H3/b10-8+,15-13+,16-14+,20-19+,23-22+,26-25+,30-28+. The molecule has 0 aliphatic heterocycles. The van der Waals surface area contributed by atoms with Gasteiger partial charge in [-0.2, -0.15) is 0 Å². The third kappa shape index (κ3) is 37.8. The summed E-state index contributed by atoms with van der Waals surface area (Å²) in [5.74, 6) is -1.80. The van der Waals surface area contributed by atoms with Crippen LogP contribution in [0, 0.1) is 0 Å². The van der Waals surface area contributed by atoms with E-state index in [2.05, 4.69) is 98.9 Å². The first-order valence-corrected chi connectivity index (χ1v) is 22.1. The zero-order chi connectivity index (χ0) is 42.1. The molecule has 0 saturated heterocycles. The molecule has 0 aromatic heterocycles. The number of unbranched alkanes of at least 4 members (excludes halogenated alkanes) is 10. The molecule has 324 valence electrons. The van der Waals surface area contributed by atoms with Crippen LogP contribution in [0.15, 0.2) is 85.1 Å². The number of likely N-dealkylation sites (N-methyl/N-ethyl adjacent to an activating group) is 1. The molecule has 2 unspecified atom stereocenters. The van der Waals surface area contributed by atoms with Gasteiger partial charge in [0, 0.05) is 19.3 Å². The van der Waals surface area contributed by atoms with E-state index >= 15 is 0 Å². The number of allylic oxidation sites excluding steroid dienone is 14. The van der Waals surface area contributed by atoms with E-state index in [0.29, 0.717) is 12.8 Å². The van der Waals surface area contributed by atoms with Gasteiger partial charge >= 0.3 is 11.9 Å². The topological polar surface area (TPSA) is 102 Å². The van der Waals surface area contributed by atoms with E-state index < -0.39 is 18.1 Å². The Balaban J connectivity index is 4.38. The lowest BCUT2D eigenvalue weighted by Gasteiger charge is -2.34. The van der Waals surface area contributed by atoms with Crippen molar-refractivity contribution in [3.63, 3.8) is 0 Å². The summed E-state index contributed by atoms with van der Waals surface area (Å²) in [6, 6.07) is -0.736. The van der Waals surface area contributed by atoms with E-state index in [1.165, 1.54) is 12.8 Å². The molecule has 0 rings (SSSR count). The first-order valence-electron chi connectivity index (χ1n) is 22.1. The molecular weight excluding hydrogens is 715 g/mol. The quantitative estimate of drug-likeness (QED) is 0.0265. The highest BCUT2D eigenvalue weighted by Crippen LogP contribution is 2.12. The van der Waals surface area contributed by atoms with E-state index in [-0.39, 0.29) is 42.7 Å². The Morgan fingerprint density at radius 1 is 0.544 bits per heavy atom. The smallest absolute Gasteiger partial charge is 0.306 e. The molecule has 2 atom stereocenters. The van der Waals surface area contributed by atoms with Gasteiger partial charge in [-0.3, -0.25) is 9.59 Å². The lowest BCUT2D eigenvalue weighted by molar-refractivity contribution is -0.889. The first-order chi connectivity index (χ1) is 27.6. The molecule has 0 bridgehead atoms.